The van der Waals surface area contributed by atoms with Gasteiger partial charge >= 0.3 is 50.9 Å². The maximum atomic E-state index is 10.3. The van der Waals surface area contributed by atoms with Crippen molar-refractivity contribution in [3.63, 3.8) is 0 Å². The molecule has 0 amide bonds. The molecule has 0 saturated carbocycles. The van der Waals surface area contributed by atoms with Crippen molar-refractivity contribution in [1.29, 1.82) is 0 Å². The Kier molecular flexibility index (Phi) is 3.64. The Morgan fingerprint density at radius 2 is 2.29 bits per heavy atom. The topological polar surface area (TPSA) is 43.1 Å². The van der Waals surface area contributed by atoms with Crippen molar-refractivity contribution in [1.82, 2.24) is 0 Å². The molecule has 0 fully saturated rings. The Balaban J connectivity index is 3.34. The number of carbonyl (C=O) groups excluding carboxylic acids is 1. The molecule has 0 radical (unpaired) electrons. The fraction of sp³-hybridized carbons (Fsp3) is 0.750. The zero-order chi connectivity index (χ0) is 5.86. The molecule has 7 heavy (non-hydrogen) atoms. The molecule has 1 atom stereocenters. The number of carbonyl (C=O) groups is 1. The average molecular weight is 208 g/mol. The van der Waals surface area contributed by atoms with E-state index in [-0.39, 0.29) is 3.80 Å². The van der Waals surface area contributed by atoms with Gasteiger partial charge in [-0.15, -0.1) is 0 Å². The Morgan fingerprint density at radius 1 is 1.86 bits per heavy atom. The molecular weight excluding hydrogens is 197 g/mol. The van der Waals surface area contributed by atoms with Crippen molar-refractivity contribution in [3.8, 4) is 0 Å². The minimum atomic E-state index is -1.99. The second-order valence-corrected chi connectivity index (χ2v) is 9.74. The third kappa shape index (κ3) is 3.05. The van der Waals surface area contributed by atoms with Crippen LogP contribution in [0.3, 0.4) is 0 Å². The van der Waals surface area contributed by atoms with Gasteiger partial charge in [-0.3, -0.25) is 0 Å². The van der Waals surface area contributed by atoms with E-state index in [9.17, 15) is 4.79 Å². The first-order valence-corrected chi connectivity index (χ1v) is 8.32. The van der Waals surface area contributed by atoms with Crippen LogP contribution in [-0.4, -0.2) is 23.8 Å². The van der Waals surface area contributed by atoms with Crippen molar-refractivity contribution < 1.29 is 4.79 Å². The number of hydrogen-bond donors (Lipinski definition) is 1. The van der Waals surface area contributed by atoms with Crippen molar-refractivity contribution in [2.24, 2.45) is 3.96 Å². The molecule has 0 aromatic rings. The monoisotopic (exact) mass is 209 g/mol. The van der Waals surface area contributed by atoms with E-state index in [0.717, 1.165) is 4.44 Å². The standard InChI is InChI=1S/C2H3O.C2H5.H2N.Sn.H/c1-2-3;1-2;;;/h1H3;1H2,2H3;1H2;;/q;;-1;+1;. The molecule has 0 aromatic heterocycles. The predicted octanol–water partition coefficient (Wildman–Crippen LogP) is -0.183. The summed E-state index contributed by atoms with van der Waals surface area (Å²) in [5, 5.41) is 0. The van der Waals surface area contributed by atoms with Gasteiger partial charge in [-0.1, -0.05) is 0 Å². The van der Waals surface area contributed by atoms with E-state index in [1.165, 1.54) is 0 Å². The molecule has 0 aliphatic rings. The van der Waals surface area contributed by atoms with Crippen molar-refractivity contribution >= 4 is 23.8 Å². The van der Waals surface area contributed by atoms with E-state index in [0.29, 0.717) is 0 Å². The normalized spacial score (nSPS) is 13.6. The summed E-state index contributed by atoms with van der Waals surface area (Å²) < 4.78 is 6.71. The van der Waals surface area contributed by atoms with Gasteiger partial charge in [-0.05, 0) is 0 Å². The van der Waals surface area contributed by atoms with Crippen LogP contribution in [0.25, 0.3) is 0 Å². The summed E-state index contributed by atoms with van der Waals surface area (Å²) in [6.45, 7) is 3.59. The molecule has 0 spiro atoms. The van der Waals surface area contributed by atoms with Crippen molar-refractivity contribution in [2.75, 3.05) is 0 Å². The molecule has 0 bridgehead atoms. The first-order valence-electron chi connectivity index (χ1n) is 2.44. The van der Waals surface area contributed by atoms with E-state index in [1.807, 2.05) is 6.92 Å². The zero-order valence-corrected chi connectivity index (χ0v) is 8.07. The van der Waals surface area contributed by atoms with E-state index in [2.05, 4.69) is 0 Å². The molecule has 2 nitrogen and oxygen atoms in total. The molecule has 0 heterocycles. The maximum absolute atomic E-state index is 10.3. The van der Waals surface area contributed by atoms with E-state index < -0.39 is 20.0 Å². The Morgan fingerprint density at radius 3 is 2.29 bits per heavy atom. The Labute approximate surface area is 51.2 Å². The van der Waals surface area contributed by atoms with Gasteiger partial charge in [-0.2, -0.15) is 0 Å². The SMILES string of the molecule is C[CH2][SnH]([NH2])[C](C)=O. The van der Waals surface area contributed by atoms with Crippen LogP contribution in [0.4, 0.5) is 0 Å². The van der Waals surface area contributed by atoms with Crippen LogP contribution in [0, 0.1) is 0 Å². The summed E-state index contributed by atoms with van der Waals surface area (Å²) in [7, 11) is 0. The average Bonchev–Trinajstić information content (AvgIpc) is 1.65. The predicted molar refractivity (Wildman–Crippen MR) is 32.5 cm³/mol. The first-order chi connectivity index (χ1) is 3.18. The van der Waals surface area contributed by atoms with Gasteiger partial charge in [-0.25, -0.2) is 0 Å². The molecule has 0 aliphatic carbocycles. The number of nitrogens with two attached hydrogens (primary N) is 1. The molecular formula is C4H11NOSn. The third-order valence-electron chi connectivity index (χ3n) is 0.962. The van der Waals surface area contributed by atoms with Crippen LogP contribution in [-0.2, 0) is 4.79 Å². The van der Waals surface area contributed by atoms with Gasteiger partial charge in [0, 0.05) is 0 Å². The molecule has 3 heteroatoms. The van der Waals surface area contributed by atoms with Gasteiger partial charge in [0.25, 0.3) is 0 Å². The Hall–Kier alpha value is 0.429. The molecule has 2 N–H and O–H groups in total. The van der Waals surface area contributed by atoms with Crippen molar-refractivity contribution in [3.05, 3.63) is 0 Å². The molecule has 42 valence electrons. The van der Waals surface area contributed by atoms with Crippen LogP contribution in [0.5, 0.6) is 0 Å². The summed E-state index contributed by atoms with van der Waals surface area (Å²) in [6.07, 6.45) is 0. The number of rotatable bonds is 2. The van der Waals surface area contributed by atoms with Gasteiger partial charge < -0.3 is 0 Å². The summed E-state index contributed by atoms with van der Waals surface area (Å²) in [6, 6.07) is 0. The molecule has 0 rings (SSSR count). The Bertz CT molecular complexity index is 74.1. The zero-order valence-electron chi connectivity index (χ0n) is 4.77. The van der Waals surface area contributed by atoms with Gasteiger partial charge in [0.2, 0.25) is 0 Å². The van der Waals surface area contributed by atoms with Crippen LogP contribution in [0.1, 0.15) is 13.8 Å². The second kappa shape index (κ2) is 3.43. The van der Waals surface area contributed by atoms with Gasteiger partial charge in [0.05, 0.1) is 0 Å². The second-order valence-electron chi connectivity index (χ2n) is 1.63. The van der Waals surface area contributed by atoms with Crippen LogP contribution in [0.2, 0.25) is 4.44 Å². The van der Waals surface area contributed by atoms with E-state index in [1.54, 1.807) is 6.92 Å². The number of hydrogen-bond acceptors (Lipinski definition) is 2. The first kappa shape index (κ1) is 7.43. The summed E-state index contributed by atoms with van der Waals surface area (Å²) in [5.41, 5.74) is 0. The third-order valence-corrected chi connectivity index (χ3v) is 6.45. The molecule has 1 unspecified atom stereocenters. The van der Waals surface area contributed by atoms with Crippen molar-refractivity contribution in [2.45, 2.75) is 18.3 Å². The van der Waals surface area contributed by atoms with Crippen LogP contribution < -0.4 is 3.96 Å². The summed E-state index contributed by atoms with van der Waals surface area (Å²) in [4.78, 5) is 10.3. The summed E-state index contributed by atoms with van der Waals surface area (Å²) in [5.74, 6) is 0. The van der Waals surface area contributed by atoms with Crippen LogP contribution in [0.15, 0.2) is 0 Å². The molecule has 0 aromatic carbocycles. The fourth-order valence-electron chi connectivity index (χ4n) is 0.287. The molecule has 0 aliphatic heterocycles. The van der Waals surface area contributed by atoms with E-state index >= 15 is 0 Å². The van der Waals surface area contributed by atoms with Gasteiger partial charge in [0.1, 0.15) is 0 Å². The summed E-state index contributed by atoms with van der Waals surface area (Å²) >= 11 is -1.99. The fourth-order valence-corrected chi connectivity index (χ4v) is 1.93. The quantitative estimate of drug-likeness (QED) is 0.639. The molecule has 0 saturated heterocycles. The van der Waals surface area contributed by atoms with Gasteiger partial charge in [0.15, 0.2) is 0 Å². The minimum absolute atomic E-state index is 0.282. The van der Waals surface area contributed by atoms with Crippen LogP contribution >= 0.6 is 0 Å². The van der Waals surface area contributed by atoms with E-state index in [4.69, 9.17) is 3.96 Å².